The Morgan fingerprint density at radius 3 is 2.58 bits per heavy atom. The molecule has 0 bridgehead atoms. The van der Waals surface area contributed by atoms with Crippen molar-refractivity contribution < 1.29 is 5.11 Å². The second kappa shape index (κ2) is 8.69. The van der Waals surface area contributed by atoms with Gasteiger partial charge in [0.1, 0.15) is 0 Å². The van der Waals surface area contributed by atoms with E-state index in [0.29, 0.717) is 12.6 Å². The van der Waals surface area contributed by atoms with E-state index >= 15 is 0 Å². The lowest BCUT2D eigenvalue weighted by Crippen LogP contribution is -2.38. The van der Waals surface area contributed by atoms with Gasteiger partial charge in [-0.1, -0.05) is 6.92 Å². The molecular formula is C15H28N2OS. The largest absolute Gasteiger partial charge is 0.396 e. The smallest absolute Gasteiger partial charge is 0.0590 e. The fourth-order valence-corrected chi connectivity index (χ4v) is 3.50. The van der Waals surface area contributed by atoms with E-state index in [-0.39, 0.29) is 6.04 Å². The van der Waals surface area contributed by atoms with Gasteiger partial charge in [-0.05, 0) is 58.3 Å². The van der Waals surface area contributed by atoms with Crippen molar-refractivity contribution in [3.8, 4) is 0 Å². The molecule has 0 aliphatic rings. The van der Waals surface area contributed by atoms with Crippen molar-refractivity contribution in [2.75, 3.05) is 20.2 Å². The van der Waals surface area contributed by atoms with Crippen molar-refractivity contribution in [2.24, 2.45) is 5.73 Å². The number of thiophene rings is 1. The van der Waals surface area contributed by atoms with Crippen molar-refractivity contribution in [3.05, 3.63) is 21.9 Å². The molecule has 0 fully saturated rings. The van der Waals surface area contributed by atoms with Crippen LogP contribution in [0.5, 0.6) is 0 Å². The Morgan fingerprint density at radius 1 is 1.32 bits per heavy atom. The number of aliphatic hydroxyl groups excluding tert-OH is 1. The zero-order valence-electron chi connectivity index (χ0n) is 12.4. The fourth-order valence-electron chi connectivity index (χ4n) is 2.38. The molecule has 0 aliphatic heterocycles. The molecule has 0 spiro atoms. The van der Waals surface area contributed by atoms with Crippen LogP contribution in [0, 0.1) is 6.92 Å². The van der Waals surface area contributed by atoms with Crippen LogP contribution >= 0.6 is 11.3 Å². The molecule has 2 atom stereocenters. The zero-order chi connectivity index (χ0) is 14.3. The van der Waals surface area contributed by atoms with E-state index in [2.05, 4.69) is 37.9 Å². The van der Waals surface area contributed by atoms with Crippen LogP contribution in [0.1, 0.15) is 48.4 Å². The molecule has 110 valence electrons. The van der Waals surface area contributed by atoms with Gasteiger partial charge in [-0.3, -0.25) is 4.90 Å². The summed E-state index contributed by atoms with van der Waals surface area (Å²) >= 11 is 1.85. The van der Waals surface area contributed by atoms with E-state index in [1.807, 2.05) is 11.3 Å². The maximum Gasteiger partial charge on any atom is 0.0590 e. The number of nitrogens with two attached hydrogens (primary N) is 1. The summed E-state index contributed by atoms with van der Waals surface area (Å²) in [7, 11) is 2.16. The van der Waals surface area contributed by atoms with E-state index in [4.69, 9.17) is 10.8 Å². The van der Waals surface area contributed by atoms with Crippen LogP contribution in [-0.4, -0.2) is 36.2 Å². The summed E-state index contributed by atoms with van der Waals surface area (Å²) in [4.78, 5) is 5.09. The molecule has 4 heteroatoms. The number of hydrogen-bond acceptors (Lipinski definition) is 4. The summed E-state index contributed by atoms with van der Waals surface area (Å²) in [6, 6.07) is 4.89. The van der Waals surface area contributed by atoms with Crippen molar-refractivity contribution in [1.82, 2.24) is 4.90 Å². The van der Waals surface area contributed by atoms with Crippen LogP contribution < -0.4 is 5.73 Å². The molecule has 0 saturated carbocycles. The van der Waals surface area contributed by atoms with E-state index in [9.17, 15) is 0 Å². The molecule has 3 N–H and O–H groups in total. The third-order valence-electron chi connectivity index (χ3n) is 3.57. The predicted molar refractivity (Wildman–Crippen MR) is 83.6 cm³/mol. The predicted octanol–water partition coefficient (Wildman–Crippen LogP) is 2.93. The van der Waals surface area contributed by atoms with Crippen molar-refractivity contribution in [3.63, 3.8) is 0 Å². The highest BCUT2D eigenvalue weighted by atomic mass is 32.1. The molecule has 3 nitrogen and oxygen atoms in total. The molecule has 1 aromatic rings. The fraction of sp³-hybridized carbons (Fsp3) is 0.733. The Kier molecular flexibility index (Phi) is 7.61. The Bertz CT molecular complexity index is 354. The summed E-state index contributed by atoms with van der Waals surface area (Å²) in [6.45, 7) is 5.63. The minimum absolute atomic E-state index is 0.181. The Labute approximate surface area is 121 Å². The molecule has 1 aromatic heterocycles. The summed E-state index contributed by atoms with van der Waals surface area (Å²) in [5.74, 6) is 0. The van der Waals surface area contributed by atoms with Crippen LogP contribution in [0.15, 0.2) is 12.1 Å². The summed E-state index contributed by atoms with van der Waals surface area (Å²) in [6.07, 6.45) is 4.09. The number of likely N-dealkylation sites (N-methyl/N-ethyl adjacent to an activating group) is 1. The lowest BCUT2D eigenvalue weighted by atomic mass is 10.0. The molecule has 0 aliphatic carbocycles. The zero-order valence-corrected chi connectivity index (χ0v) is 13.2. The van der Waals surface area contributed by atoms with Crippen molar-refractivity contribution in [2.45, 2.75) is 51.6 Å². The van der Waals surface area contributed by atoms with Crippen molar-refractivity contribution in [1.29, 1.82) is 0 Å². The second-order valence-corrected chi connectivity index (χ2v) is 6.55. The quantitative estimate of drug-likeness (QED) is 0.686. The van der Waals surface area contributed by atoms with E-state index in [1.54, 1.807) is 0 Å². The average molecular weight is 284 g/mol. The van der Waals surface area contributed by atoms with Crippen molar-refractivity contribution >= 4 is 11.3 Å². The van der Waals surface area contributed by atoms with Gasteiger partial charge in [0.2, 0.25) is 0 Å². The second-order valence-electron chi connectivity index (χ2n) is 5.23. The van der Waals surface area contributed by atoms with Gasteiger partial charge in [0.05, 0.1) is 6.04 Å². The van der Waals surface area contributed by atoms with Gasteiger partial charge in [-0.2, -0.15) is 0 Å². The van der Waals surface area contributed by atoms with Crippen LogP contribution in [0.3, 0.4) is 0 Å². The number of aliphatic hydroxyl groups is 1. The van der Waals surface area contributed by atoms with Crippen LogP contribution in [-0.2, 0) is 0 Å². The van der Waals surface area contributed by atoms with Gasteiger partial charge in [-0.15, -0.1) is 11.3 Å². The number of unbranched alkanes of at least 4 members (excludes halogenated alkanes) is 2. The highest BCUT2D eigenvalue weighted by Crippen LogP contribution is 2.30. The van der Waals surface area contributed by atoms with E-state index in [0.717, 1.165) is 32.2 Å². The number of rotatable bonds is 9. The standard InChI is InChI=1S/C15H28N2OS/c1-4-13(16)15(14-9-8-12(2)19-14)17(3)10-6-5-7-11-18/h8-9,13,15,18H,4-7,10-11,16H2,1-3H3. The number of nitrogens with zero attached hydrogens (tertiary/aromatic N) is 1. The van der Waals surface area contributed by atoms with Gasteiger partial charge in [0.15, 0.2) is 0 Å². The van der Waals surface area contributed by atoms with E-state index in [1.165, 1.54) is 9.75 Å². The summed E-state index contributed by atoms with van der Waals surface area (Å²) in [5, 5.41) is 8.82. The van der Waals surface area contributed by atoms with Gasteiger partial charge < -0.3 is 10.8 Å². The normalized spacial score (nSPS) is 14.8. The van der Waals surface area contributed by atoms with Crippen LogP contribution in [0.25, 0.3) is 0 Å². The molecule has 0 aromatic carbocycles. The minimum Gasteiger partial charge on any atom is -0.396 e. The maximum absolute atomic E-state index is 8.82. The Balaban J connectivity index is 2.63. The highest BCUT2D eigenvalue weighted by molar-refractivity contribution is 7.12. The van der Waals surface area contributed by atoms with Crippen LogP contribution in [0.4, 0.5) is 0 Å². The first kappa shape index (κ1) is 16.6. The summed E-state index contributed by atoms with van der Waals surface area (Å²) < 4.78 is 0. The molecule has 0 saturated heterocycles. The number of hydrogen-bond donors (Lipinski definition) is 2. The Morgan fingerprint density at radius 2 is 2.05 bits per heavy atom. The molecule has 19 heavy (non-hydrogen) atoms. The van der Waals surface area contributed by atoms with Gasteiger partial charge in [-0.25, -0.2) is 0 Å². The molecule has 0 amide bonds. The minimum atomic E-state index is 0.181. The number of aryl methyl sites for hydroxylation is 1. The maximum atomic E-state index is 8.82. The first-order valence-corrected chi connectivity index (χ1v) is 8.04. The SMILES string of the molecule is CCC(N)C(c1ccc(C)s1)N(C)CCCCCO. The topological polar surface area (TPSA) is 49.5 Å². The summed E-state index contributed by atoms with van der Waals surface area (Å²) in [5.41, 5.74) is 6.31. The van der Waals surface area contributed by atoms with Gasteiger partial charge >= 0.3 is 0 Å². The van der Waals surface area contributed by atoms with E-state index < -0.39 is 0 Å². The monoisotopic (exact) mass is 284 g/mol. The molecule has 1 rings (SSSR count). The average Bonchev–Trinajstić information content (AvgIpc) is 2.81. The first-order chi connectivity index (χ1) is 9.10. The van der Waals surface area contributed by atoms with Gasteiger partial charge in [0, 0.05) is 22.4 Å². The van der Waals surface area contributed by atoms with Gasteiger partial charge in [0.25, 0.3) is 0 Å². The molecular weight excluding hydrogens is 256 g/mol. The third kappa shape index (κ3) is 5.22. The highest BCUT2D eigenvalue weighted by Gasteiger charge is 2.23. The molecule has 2 unspecified atom stereocenters. The Hall–Kier alpha value is -0.420. The molecule has 1 heterocycles. The molecule has 0 radical (unpaired) electrons. The lowest BCUT2D eigenvalue weighted by Gasteiger charge is -2.31. The van der Waals surface area contributed by atoms with Crippen LogP contribution in [0.2, 0.25) is 0 Å². The first-order valence-electron chi connectivity index (χ1n) is 7.23. The third-order valence-corrected chi connectivity index (χ3v) is 4.64. The lowest BCUT2D eigenvalue weighted by molar-refractivity contribution is 0.205.